The first kappa shape index (κ1) is 14.1. The molecule has 0 bridgehead atoms. The Morgan fingerprint density at radius 3 is 2.83 bits per heavy atom. The first-order chi connectivity index (χ1) is 11.6. The molecule has 1 N–H and O–H groups in total. The lowest BCUT2D eigenvalue weighted by atomic mass is 10.2. The number of aromatic nitrogens is 4. The highest BCUT2D eigenvalue weighted by atomic mass is 19.1. The number of hydrogen-bond donors (Lipinski definition) is 1. The van der Waals surface area contributed by atoms with E-state index < -0.39 is 11.6 Å². The second kappa shape index (κ2) is 5.27. The van der Waals surface area contributed by atoms with Crippen LogP contribution in [0.4, 0.5) is 4.39 Å². The van der Waals surface area contributed by atoms with Gasteiger partial charge in [0.15, 0.2) is 5.69 Å². The average molecular weight is 324 g/mol. The second-order valence-corrected chi connectivity index (χ2v) is 5.06. The Morgan fingerprint density at radius 1 is 1.17 bits per heavy atom. The molecule has 0 aliphatic heterocycles. The van der Waals surface area contributed by atoms with E-state index in [0.717, 1.165) is 0 Å². The van der Waals surface area contributed by atoms with Gasteiger partial charge in [0.25, 0.3) is 0 Å². The monoisotopic (exact) mass is 324 g/mol. The Morgan fingerprint density at radius 2 is 2.04 bits per heavy atom. The van der Waals surface area contributed by atoms with Crippen molar-refractivity contribution in [2.24, 2.45) is 0 Å². The molecular weight excluding hydrogens is 315 g/mol. The summed E-state index contributed by atoms with van der Waals surface area (Å²) in [7, 11) is 0. The van der Waals surface area contributed by atoms with Gasteiger partial charge in [-0.1, -0.05) is 5.21 Å². The zero-order chi connectivity index (χ0) is 16.7. The minimum absolute atomic E-state index is 0.00486. The molecule has 0 atom stereocenters. The van der Waals surface area contributed by atoms with Gasteiger partial charge in [-0.3, -0.25) is 0 Å². The van der Waals surface area contributed by atoms with Gasteiger partial charge in [-0.2, -0.15) is 4.39 Å². The van der Waals surface area contributed by atoms with Crippen molar-refractivity contribution in [3.8, 4) is 22.7 Å². The number of nitrogens with zero attached hydrogens (tertiary/aromatic N) is 4. The number of phenolic OH excluding ortho intramolecular Hbond substituents is 1. The molecule has 0 radical (unpaired) electrons. The van der Waals surface area contributed by atoms with E-state index in [0.29, 0.717) is 16.6 Å². The lowest BCUT2D eigenvalue weighted by molar-refractivity contribution is 0.473. The van der Waals surface area contributed by atoms with Gasteiger partial charge in [-0.15, -0.1) is 5.10 Å². The van der Waals surface area contributed by atoms with Gasteiger partial charge in [0.2, 0.25) is 5.95 Å². The Hall–Kier alpha value is -3.55. The van der Waals surface area contributed by atoms with E-state index in [1.54, 1.807) is 12.1 Å². The molecule has 0 saturated heterocycles. The van der Waals surface area contributed by atoms with Crippen LogP contribution in [0, 0.1) is 5.95 Å². The van der Waals surface area contributed by atoms with Crippen LogP contribution in [-0.2, 0) is 0 Å². The summed E-state index contributed by atoms with van der Waals surface area (Å²) in [5.74, 6) is -0.588. The maximum absolute atomic E-state index is 12.9. The van der Waals surface area contributed by atoms with E-state index in [1.807, 2.05) is 0 Å². The summed E-state index contributed by atoms with van der Waals surface area (Å²) < 4.78 is 19.3. The number of pyridine rings is 1. The van der Waals surface area contributed by atoms with Crippen molar-refractivity contribution in [1.29, 1.82) is 0 Å². The van der Waals surface area contributed by atoms with E-state index in [9.17, 15) is 14.3 Å². The van der Waals surface area contributed by atoms with E-state index in [-0.39, 0.29) is 17.0 Å². The topological polar surface area (TPSA) is 94.0 Å². The van der Waals surface area contributed by atoms with Crippen molar-refractivity contribution in [3.05, 3.63) is 65.2 Å². The predicted octanol–water partition coefficient (Wildman–Crippen LogP) is 2.28. The van der Waals surface area contributed by atoms with Crippen molar-refractivity contribution in [2.75, 3.05) is 0 Å². The van der Waals surface area contributed by atoms with Crippen LogP contribution in [0.3, 0.4) is 0 Å². The maximum Gasteiger partial charge on any atom is 0.362 e. The Kier molecular flexibility index (Phi) is 3.09. The highest BCUT2D eigenvalue weighted by molar-refractivity contribution is 5.79. The van der Waals surface area contributed by atoms with Gasteiger partial charge in [0.1, 0.15) is 17.0 Å². The molecule has 4 aromatic rings. The second-order valence-electron chi connectivity index (χ2n) is 5.06. The van der Waals surface area contributed by atoms with Gasteiger partial charge in [0.05, 0.1) is 6.20 Å². The van der Waals surface area contributed by atoms with Crippen LogP contribution in [0.15, 0.2) is 58.0 Å². The van der Waals surface area contributed by atoms with Crippen LogP contribution in [0.1, 0.15) is 0 Å². The van der Waals surface area contributed by atoms with Crippen molar-refractivity contribution >= 4 is 11.0 Å². The number of rotatable bonds is 2. The fourth-order valence-electron chi connectivity index (χ4n) is 2.29. The normalized spacial score (nSPS) is 11.0. The number of benzene rings is 1. The lowest BCUT2D eigenvalue weighted by Gasteiger charge is -2.01. The molecule has 0 aliphatic rings. The van der Waals surface area contributed by atoms with Crippen LogP contribution >= 0.6 is 0 Å². The summed E-state index contributed by atoms with van der Waals surface area (Å²) in [5.41, 5.74) is 0.820. The zero-order valence-corrected chi connectivity index (χ0v) is 12.0. The van der Waals surface area contributed by atoms with Crippen molar-refractivity contribution in [2.45, 2.75) is 0 Å². The summed E-state index contributed by atoms with van der Waals surface area (Å²) in [6, 6.07) is 8.79. The summed E-state index contributed by atoms with van der Waals surface area (Å²) in [5, 5.41) is 17.9. The SMILES string of the molecule is O=c1oc2cc(O)ccc2cc1-n1cc(-c2ccc(F)nc2)nn1. The Labute approximate surface area is 133 Å². The fourth-order valence-corrected chi connectivity index (χ4v) is 2.29. The molecule has 3 heterocycles. The molecule has 0 aliphatic carbocycles. The summed E-state index contributed by atoms with van der Waals surface area (Å²) in [6.45, 7) is 0. The molecule has 4 rings (SSSR count). The number of aromatic hydroxyl groups is 1. The van der Waals surface area contributed by atoms with Crippen molar-refractivity contribution in [3.63, 3.8) is 0 Å². The Balaban J connectivity index is 1.80. The first-order valence-corrected chi connectivity index (χ1v) is 6.92. The standard InChI is InChI=1S/C16H9FN4O3/c17-15-4-2-10(7-18-15)12-8-21(20-19-12)13-5-9-1-3-11(22)6-14(9)24-16(13)23/h1-8,22H. The highest BCUT2D eigenvalue weighted by Crippen LogP contribution is 2.21. The average Bonchev–Trinajstić information content (AvgIpc) is 3.04. The van der Waals surface area contributed by atoms with Crippen LogP contribution in [0.2, 0.25) is 0 Å². The van der Waals surface area contributed by atoms with Gasteiger partial charge >= 0.3 is 5.63 Å². The summed E-state index contributed by atoms with van der Waals surface area (Å²) >= 11 is 0. The maximum atomic E-state index is 12.9. The largest absolute Gasteiger partial charge is 0.508 e. The number of hydrogen-bond acceptors (Lipinski definition) is 6. The lowest BCUT2D eigenvalue weighted by Crippen LogP contribution is -2.10. The minimum atomic E-state index is -0.623. The molecule has 0 amide bonds. The third-order valence-electron chi connectivity index (χ3n) is 3.46. The molecule has 0 spiro atoms. The molecule has 0 saturated carbocycles. The van der Waals surface area contributed by atoms with Crippen LogP contribution in [0.25, 0.3) is 27.9 Å². The van der Waals surface area contributed by atoms with E-state index >= 15 is 0 Å². The number of fused-ring (bicyclic) bond motifs is 1. The molecular formula is C16H9FN4O3. The number of halogens is 1. The van der Waals surface area contributed by atoms with Gasteiger partial charge in [-0.05, 0) is 30.3 Å². The third-order valence-corrected chi connectivity index (χ3v) is 3.46. The van der Waals surface area contributed by atoms with Crippen LogP contribution in [-0.4, -0.2) is 25.1 Å². The molecule has 1 aromatic carbocycles. The number of phenols is 1. The van der Waals surface area contributed by atoms with Crippen molar-refractivity contribution < 1.29 is 13.9 Å². The van der Waals surface area contributed by atoms with E-state index in [1.165, 1.54) is 41.3 Å². The zero-order valence-electron chi connectivity index (χ0n) is 12.0. The van der Waals surface area contributed by atoms with Crippen molar-refractivity contribution in [1.82, 2.24) is 20.0 Å². The molecule has 3 aromatic heterocycles. The molecule has 0 fully saturated rings. The van der Waals surface area contributed by atoms with Gasteiger partial charge < -0.3 is 9.52 Å². The Bertz CT molecular complexity index is 1100. The van der Waals surface area contributed by atoms with Crippen LogP contribution < -0.4 is 5.63 Å². The van der Waals surface area contributed by atoms with E-state index in [2.05, 4.69) is 15.3 Å². The summed E-state index contributed by atoms with van der Waals surface area (Å²) in [4.78, 5) is 15.7. The first-order valence-electron chi connectivity index (χ1n) is 6.92. The molecule has 8 heteroatoms. The highest BCUT2D eigenvalue weighted by Gasteiger charge is 2.12. The molecule has 118 valence electrons. The predicted molar refractivity (Wildman–Crippen MR) is 82.3 cm³/mol. The molecule has 24 heavy (non-hydrogen) atoms. The fraction of sp³-hybridized carbons (Fsp3) is 0. The molecule has 0 unspecified atom stereocenters. The van der Waals surface area contributed by atoms with Gasteiger partial charge in [-0.25, -0.2) is 14.5 Å². The quantitative estimate of drug-likeness (QED) is 0.449. The minimum Gasteiger partial charge on any atom is -0.508 e. The smallest absolute Gasteiger partial charge is 0.362 e. The summed E-state index contributed by atoms with van der Waals surface area (Å²) in [6.07, 6.45) is 2.85. The molecule has 7 nitrogen and oxygen atoms in total. The van der Waals surface area contributed by atoms with E-state index in [4.69, 9.17) is 4.42 Å². The van der Waals surface area contributed by atoms with Crippen LogP contribution in [0.5, 0.6) is 5.75 Å². The van der Waals surface area contributed by atoms with Gasteiger partial charge in [0, 0.05) is 23.2 Å². The third kappa shape index (κ3) is 2.39.